The van der Waals surface area contributed by atoms with E-state index < -0.39 is 0 Å². The van der Waals surface area contributed by atoms with Crippen LogP contribution < -0.4 is 13.9 Å². The van der Waals surface area contributed by atoms with Gasteiger partial charge in [-0.2, -0.15) is 4.57 Å². The second kappa shape index (κ2) is 61.6. The maximum atomic E-state index is 4.53. The molecule has 0 spiro atoms. The Kier molecular flexibility index (Phi) is 55.6. The van der Waals surface area contributed by atoms with Crippen molar-refractivity contribution >= 4 is 92.7 Å². The minimum Gasteiger partial charge on any atom is -0.320 e. The Labute approximate surface area is 726 Å². The molecule has 0 aliphatic carbocycles. The van der Waals surface area contributed by atoms with Crippen LogP contribution in [0.2, 0.25) is 0 Å². The third-order valence-electron chi connectivity index (χ3n) is 17.7. The summed E-state index contributed by atoms with van der Waals surface area (Å²) >= 11 is 0. The van der Waals surface area contributed by atoms with E-state index in [9.17, 15) is 0 Å². The Morgan fingerprint density at radius 3 is 1.06 bits per heavy atom. The first kappa shape index (κ1) is 108. The van der Waals surface area contributed by atoms with E-state index in [2.05, 4.69) is 336 Å². The highest BCUT2D eigenvalue weighted by Crippen LogP contribution is 2.36. The summed E-state index contributed by atoms with van der Waals surface area (Å²) in [6.45, 7) is 64.6. The van der Waals surface area contributed by atoms with Crippen LogP contribution >= 0.6 is 0 Å². The lowest BCUT2D eigenvalue weighted by atomic mass is 10.0. The van der Waals surface area contributed by atoms with E-state index in [1.54, 1.807) is 0 Å². The van der Waals surface area contributed by atoms with E-state index in [1.807, 2.05) is 257 Å². The molecule has 0 unspecified atom stereocenters. The first-order chi connectivity index (χ1) is 59.0. The van der Waals surface area contributed by atoms with Crippen molar-refractivity contribution in [3.05, 3.63) is 314 Å². The van der Waals surface area contributed by atoms with Gasteiger partial charge in [0.25, 0.3) is 5.65 Å². The molecule has 0 amide bonds. The number of benzene rings is 9. The van der Waals surface area contributed by atoms with E-state index in [4.69, 9.17) is 0 Å². The summed E-state index contributed by atoms with van der Waals surface area (Å²) in [5.41, 5.74) is 17.5. The zero-order chi connectivity index (χ0) is 91.0. The Morgan fingerprint density at radius 1 is 0.250 bits per heavy atom. The normalized spacial score (nSPS) is 9.33. The average molecular weight is 1620 g/mol. The molecule has 0 saturated heterocycles. The van der Waals surface area contributed by atoms with Gasteiger partial charge in [-0.15, -0.1) is 18.6 Å². The maximum Gasteiger partial charge on any atom is 0.294 e. The van der Waals surface area contributed by atoms with Gasteiger partial charge in [0.05, 0.1) is 46.9 Å². The second-order valence-electron chi connectivity index (χ2n) is 23.5. The number of fused-ring (bicyclic) bond motifs is 15. The van der Waals surface area contributed by atoms with Crippen LogP contribution in [0.15, 0.2) is 292 Å². The summed E-state index contributed by atoms with van der Waals surface area (Å²) in [6, 6.07) is 87.1. The van der Waals surface area contributed by atoms with E-state index in [0.717, 1.165) is 11.8 Å². The molecule has 11 nitrogen and oxygen atoms in total. The molecule has 0 fully saturated rings. The molecule has 18 aromatic rings. The fraction of sp³-hybridized carbons (Fsp3) is 0.330. The summed E-state index contributed by atoms with van der Waals surface area (Å²) in [5, 5.41) is 11.6. The summed E-state index contributed by atoms with van der Waals surface area (Å²) in [4.78, 5) is 9.01. The zero-order valence-electron chi connectivity index (χ0n) is 81.1. The minimum absolute atomic E-state index is 0.950. The van der Waals surface area contributed by atoms with Crippen molar-refractivity contribution in [2.45, 2.75) is 222 Å². The van der Waals surface area contributed by atoms with Crippen LogP contribution in [-0.4, -0.2) is 37.4 Å². The predicted molar refractivity (Wildman–Crippen MR) is 536 cm³/mol. The number of hydrogen-bond acceptors (Lipinski definition) is 2. The lowest BCUT2D eigenvalue weighted by Crippen LogP contribution is -2.36. The second-order valence-corrected chi connectivity index (χ2v) is 23.5. The van der Waals surface area contributed by atoms with Gasteiger partial charge in [-0.05, 0) is 122 Å². The Hall–Kier alpha value is -11.7. The van der Waals surface area contributed by atoms with Crippen molar-refractivity contribution in [1.29, 1.82) is 0 Å². The van der Waals surface area contributed by atoms with Crippen molar-refractivity contribution < 1.29 is 13.9 Å². The molecular weight excluding hydrogens is 1460 g/mol. The van der Waals surface area contributed by atoms with Crippen LogP contribution in [0, 0.1) is 27.7 Å². The van der Waals surface area contributed by atoms with Gasteiger partial charge in [0.2, 0.25) is 5.95 Å². The Bertz CT molecular complexity index is 5660. The molecule has 644 valence electrons. The molecule has 0 bridgehead atoms. The Morgan fingerprint density at radius 2 is 0.617 bits per heavy atom. The molecule has 0 aliphatic rings. The van der Waals surface area contributed by atoms with Gasteiger partial charge in [0.15, 0.2) is 26.5 Å². The summed E-state index contributed by atoms with van der Waals surface area (Å²) in [5.74, 6) is 1.91. The molecule has 0 N–H and O–H groups in total. The van der Waals surface area contributed by atoms with Crippen LogP contribution in [0.1, 0.15) is 216 Å². The predicted octanol–water partition coefficient (Wildman–Crippen LogP) is 31.3. The molecule has 0 atom stereocenters. The molecule has 9 heterocycles. The Balaban J connectivity index is 0.00000138. The van der Waals surface area contributed by atoms with Gasteiger partial charge < -0.3 is 4.57 Å². The summed E-state index contributed by atoms with van der Waals surface area (Å²) in [7, 11) is 8.26. The number of rotatable bonds is 4. The molecule has 0 saturated carbocycles. The molecule has 0 radical (unpaired) electrons. The monoisotopic (exact) mass is 1620 g/mol. The first-order valence-corrected chi connectivity index (χ1v) is 45.2. The van der Waals surface area contributed by atoms with Crippen molar-refractivity contribution in [2.24, 2.45) is 28.2 Å². The van der Waals surface area contributed by atoms with Crippen LogP contribution in [0.5, 0.6) is 0 Å². The SMILES string of the molecule is CC.CC.CC.CC.CC.CC.CC.CC.CC.CC.CC.CC.CC.CC.Cc1cccc2c3ccccc3c3cc[n+](C)n3c12.Cc1cccc2c3ccccc3n(-c3nccn3C)c12.Cc1ccccc1-n1c2ccccc2c2ccc[n+](C)c21.Cc1ccccc1-n1ccc[n+]1C.c1ccc(-n2c3ccccc3c3ccccc32)nc1. The van der Waals surface area contributed by atoms with Gasteiger partial charge in [-0.3, -0.25) is 9.13 Å². The van der Waals surface area contributed by atoms with Gasteiger partial charge in [0.1, 0.15) is 33.7 Å². The van der Waals surface area contributed by atoms with Gasteiger partial charge in [-0.1, -0.05) is 364 Å². The number of para-hydroxylation sites is 8. The fourth-order valence-electron chi connectivity index (χ4n) is 13.3. The lowest BCUT2D eigenvalue weighted by Gasteiger charge is -2.08. The number of hydrogen-bond donors (Lipinski definition) is 0. The molecule has 0 aliphatic heterocycles. The highest BCUT2D eigenvalue weighted by molar-refractivity contribution is 6.13. The molecule has 9 aromatic heterocycles. The highest BCUT2D eigenvalue weighted by Gasteiger charge is 2.23. The van der Waals surface area contributed by atoms with Crippen molar-refractivity contribution in [3.63, 3.8) is 0 Å². The summed E-state index contributed by atoms with van der Waals surface area (Å²) < 4.78 is 19.7. The fourth-order valence-corrected chi connectivity index (χ4v) is 13.3. The first-order valence-electron chi connectivity index (χ1n) is 45.2. The zero-order valence-corrected chi connectivity index (χ0v) is 81.1. The van der Waals surface area contributed by atoms with Crippen molar-refractivity contribution in [1.82, 2.24) is 37.4 Å². The minimum atomic E-state index is 0.950. The average Bonchev–Trinajstić information content (AvgIpc) is 1.28. The molecule has 120 heavy (non-hydrogen) atoms. The van der Waals surface area contributed by atoms with Crippen molar-refractivity contribution in [3.8, 4) is 23.1 Å². The molecule has 11 heteroatoms. The van der Waals surface area contributed by atoms with Crippen LogP contribution in [0.4, 0.5) is 0 Å². The van der Waals surface area contributed by atoms with Crippen LogP contribution in [0.3, 0.4) is 0 Å². The third kappa shape index (κ3) is 26.2. The molecule has 9 aromatic carbocycles. The van der Waals surface area contributed by atoms with Crippen molar-refractivity contribution in [2.75, 3.05) is 0 Å². The van der Waals surface area contributed by atoms with E-state index in [-0.39, 0.29) is 0 Å². The standard InChI is InChI=1S/C19H17N2.C17H15N3.C17H15N2.C17H12N2.C11H13N2.14C2H6/c1-14-8-3-5-11-17(14)21-18-12-6-4-9-15(18)16-10-7-13-20(2)19(16)21;1-12-6-5-8-14-13-7-3-4-9-15(13)20(16(12)14)17-18-10-11-19(17)2;1-12-6-5-9-15-13-7-3-4-8-14(13)16-10-11-18(2)19(16)17(12)15;1-3-9-15-13(7-1)14-8-2-4-10-16(14)19(15)17-11-5-6-12-18-17;1-10-6-3-4-7-11(10)13-9-5-8-12(13)2;14*1-2/h3-13H,1-2H3;3-11H,1-2H3;3-11H,1-2H3;1-12H;3-9H,1-2H3;14*1-2H3/q+1;;+1;;+1;;;;;;;;;;;;;;. The largest absolute Gasteiger partial charge is 0.320 e. The number of imidazole rings is 1. The van der Waals surface area contributed by atoms with Gasteiger partial charge >= 0.3 is 0 Å². The number of aromatic nitrogens is 11. The third-order valence-corrected chi connectivity index (χ3v) is 17.7. The molecule has 18 rings (SSSR count). The maximum absolute atomic E-state index is 4.53. The quantitative estimate of drug-likeness (QED) is 0.130. The number of nitrogens with zero attached hydrogens (tertiary/aromatic N) is 11. The van der Waals surface area contributed by atoms with Crippen LogP contribution in [0.25, 0.3) is 116 Å². The van der Waals surface area contributed by atoms with E-state index in [0.29, 0.717) is 0 Å². The summed E-state index contributed by atoms with van der Waals surface area (Å²) in [6.07, 6.45) is 14.0. The smallest absolute Gasteiger partial charge is 0.294 e. The van der Waals surface area contributed by atoms with E-state index >= 15 is 0 Å². The highest BCUT2D eigenvalue weighted by atomic mass is 15.4. The number of aryl methyl sites for hydroxylation is 8. The van der Waals surface area contributed by atoms with Gasteiger partial charge in [0, 0.05) is 75.5 Å². The van der Waals surface area contributed by atoms with Crippen LogP contribution in [-0.2, 0) is 28.2 Å². The topological polar surface area (TPSA) is 66.5 Å². The number of pyridine rings is 3. The van der Waals surface area contributed by atoms with E-state index in [1.165, 1.54) is 126 Å². The lowest BCUT2D eigenvalue weighted by molar-refractivity contribution is -0.744. The molecular formula is C109H156N11+3. The van der Waals surface area contributed by atoms with Gasteiger partial charge in [-0.25, -0.2) is 14.5 Å².